The van der Waals surface area contributed by atoms with Crippen LogP contribution in [-0.4, -0.2) is 9.55 Å². The second-order valence-electron chi connectivity index (χ2n) is 5.25. The molecule has 0 aliphatic heterocycles. The van der Waals surface area contributed by atoms with Crippen LogP contribution in [0.5, 0.6) is 0 Å². The van der Waals surface area contributed by atoms with Gasteiger partial charge in [-0.05, 0) is 23.6 Å². The van der Waals surface area contributed by atoms with Crippen molar-refractivity contribution in [3.8, 4) is 11.3 Å². The van der Waals surface area contributed by atoms with Crippen LogP contribution in [0.15, 0.2) is 61.1 Å². The molecule has 2 N–H and O–H groups in total. The summed E-state index contributed by atoms with van der Waals surface area (Å²) in [7, 11) is 0. The van der Waals surface area contributed by atoms with Crippen molar-refractivity contribution < 1.29 is 0 Å². The lowest BCUT2D eigenvalue weighted by atomic mass is 10.1. The standard InChI is InChI=1S/C18H19N3/c1-14-6-8-15(9-7-14)18-11-20-13-21(18)12-17-5-3-2-4-16(17)10-19/h2-9,11,13H,10,12,19H2,1H3. The fourth-order valence-corrected chi connectivity index (χ4v) is 2.51. The molecule has 0 radical (unpaired) electrons. The molecule has 0 atom stereocenters. The lowest BCUT2D eigenvalue weighted by molar-refractivity contribution is 0.791. The van der Waals surface area contributed by atoms with Crippen LogP contribution < -0.4 is 5.73 Å². The van der Waals surface area contributed by atoms with Crippen molar-refractivity contribution in [1.82, 2.24) is 9.55 Å². The normalized spacial score (nSPS) is 10.8. The van der Waals surface area contributed by atoms with Crippen molar-refractivity contribution in [2.24, 2.45) is 5.73 Å². The molecule has 0 saturated carbocycles. The van der Waals surface area contributed by atoms with Crippen molar-refractivity contribution in [3.63, 3.8) is 0 Å². The Morgan fingerprint density at radius 2 is 1.71 bits per heavy atom. The molecular formula is C18H19N3. The van der Waals surface area contributed by atoms with Crippen LogP contribution in [0, 0.1) is 6.92 Å². The van der Waals surface area contributed by atoms with E-state index in [2.05, 4.69) is 58.9 Å². The molecule has 3 aromatic rings. The summed E-state index contributed by atoms with van der Waals surface area (Å²) in [6.45, 7) is 3.44. The van der Waals surface area contributed by atoms with E-state index in [1.165, 1.54) is 22.3 Å². The third-order valence-corrected chi connectivity index (χ3v) is 3.74. The monoisotopic (exact) mass is 277 g/mol. The third-order valence-electron chi connectivity index (χ3n) is 3.74. The molecule has 0 bridgehead atoms. The van der Waals surface area contributed by atoms with Crippen LogP contribution in [0.2, 0.25) is 0 Å². The predicted octanol–water partition coefficient (Wildman–Crippen LogP) is 3.37. The molecule has 1 heterocycles. The van der Waals surface area contributed by atoms with Crippen molar-refractivity contribution in [1.29, 1.82) is 0 Å². The summed E-state index contributed by atoms with van der Waals surface area (Å²) in [5.74, 6) is 0. The number of imidazole rings is 1. The minimum Gasteiger partial charge on any atom is -0.326 e. The largest absolute Gasteiger partial charge is 0.326 e. The zero-order chi connectivity index (χ0) is 14.7. The molecule has 0 aliphatic carbocycles. The number of aryl methyl sites for hydroxylation is 1. The maximum Gasteiger partial charge on any atom is 0.0954 e. The Balaban J connectivity index is 1.94. The van der Waals surface area contributed by atoms with Crippen molar-refractivity contribution >= 4 is 0 Å². The minimum absolute atomic E-state index is 0.560. The fourth-order valence-electron chi connectivity index (χ4n) is 2.51. The van der Waals surface area contributed by atoms with Gasteiger partial charge < -0.3 is 10.3 Å². The van der Waals surface area contributed by atoms with Gasteiger partial charge in [-0.2, -0.15) is 0 Å². The van der Waals surface area contributed by atoms with Crippen molar-refractivity contribution in [2.75, 3.05) is 0 Å². The Bertz CT molecular complexity index is 726. The first-order chi connectivity index (χ1) is 10.3. The Hall–Kier alpha value is -2.39. The van der Waals surface area contributed by atoms with Crippen LogP contribution in [0.4, 0.5) is 0 Å². The van der Waals surface area contributed by atoms with Gasteiger partial charge in [0, 0.05) is 13.1 Å². The quantitative estimate of drug-likeness (QED) is 0.794. The Morgan fingerprint density at radius 1 is 1.00 bits per heavy atom. The molecule has 3 nitrogen and oxygen atoms in total. The molecule has 0 saturated heterocycles. The van der Waals surface area contributed by atoms with Crippen molar-refractivity contribution in [3.05, 3.63) is 77.7 Å². The van der Waals surface area contributed by atoms with Gasteiger partial charge in [0.15, 0.2) is 0 Å². The van der Waals surface area contributed by atoms with E-state index in [0.29, 0.717) is 6.54 Å². The molecule has 0 fully saturated rings. The Morgan fingerprint density at radius 3 is 2.43 bits per heavy atom. The SMILES string of the molecule is Cc1ccc(-c2cncn2Cc2ccccc2CN)cc1. The summed E-state index contributed by atoms with van der Waals surface area (Å²) in [6.07, 6.45) is 3.79. The first-order valence-corrected chi connectivity index (χ1v) is 7.12. The lowest BCUT2D eigenvalue weighted by Crippen LogP contribution is -2.06. The number of hydrogen-bond acceptors (Lipinski definition) is 2. The summed E-state index contributed by atoms with van der Waals surface area (Å²) in [5, 5.41) is 0. The van der Waals surface area contributed by atoms with E-state index in [-0.39, 0.29) is 0 Å². The zero-order valence-electron chi connectivity index (χ0n) is 12.2. The molecule has 1 aromatic heterocycles. The summed E-state index contributed by atoms with van der Waals surface area (Å²) in [6, 6.07) is 16.8. The first kappa shape index (κ1) is 13.6. The zero-order valence-corrected chi connectivity index (χ0v) is 12.2. The smallest absolute Gasteiger partial charge is 0.0954 e. The first-order valence-electron chi connectivity index (χ1n) is 7.12. The summed E-state index contributed by atoms with van der Waals surface area (Å²) in [4.78, 5) is 4.30. The summed E-state index contributed by atoms with van der Waals surface area (Å²) in [5.41, 5.74) is 11.8. The van der Waals surface area contributed by atoms with Crippen molar-refractivity contribution in [2.45, 2.75) is 20.0 Å². The van der Waals surface area contributed by atoms with Gasteiger partial charge >= 0.3 is 0 Å². The van der Waals surface area contributed by atoms with Gasteiger partial charge in [-0.3, -0.25) is 0 Å². The number of nitrogens with zero attached hydrogens (tertiary/aromatic N) is 2. The molecule has 0 unspecified atom stereocenters. The highest BCUT2D eigenvalue weighted by molar-refractivity contribution is 5.59. The van der Waals surface area contributed by atoms with Gasteiger partial charge in [-0.25, -0.2) is 4.98 Å². The third kappa shape index (κ3) is 2.88. The fraction of sp³-hybridized carbons (Fsp3) is 0.167. The van der Waals surface area contributed by atoms with E-state index < -0.39 is 0 Å². The topological polar surface area (TPSA) is 43.8 Å². The van der Waals surface area contributed by atoms with E-state index in [9.17, 15) is 0 Å². The van der Waals surface area contributed by atoms with E-state index in [1.807, 2.05) is 18.6 Å². The van der Waals surface area contributed by atoms with Crippen LogP contribution in [0.1, 0.15) is 16.7 Å². The Kier molecular flexibility index (Phi) is 3.84. The number of rotatable bonds is 4. The van der Waals surface area contributed by atoms with E-state index >= 15 is 0 Å². The average Bonchev–Trinajstić information content (AvgIpc) is 2.97. The average molecular weight is 277 g/mol. The maximum absolute atomic E-state index is 5.82. The van der Waals surface area contributed by atoms with Crippen LogP contribution in [0.25, 0.3) is 11.3 Å². The molecular weight excluding hydrogens is 258 g/mol. The Labute approximate surface area is 125 Å². The summed E-state index contributed by atoms with van der Waals surface area (Å²) >= 11 is 0. The number of hydrogen-bond donors (Lipinski definition) is 1. The molecule has 2 aromatic carbocycles. The summed E-state index contributed by atoms with van der Waals surface area (Å²) < 4.78 is 2.17. The molecule has 0 aliphatic rings. The van der Waals surface area contributed by atoms with Gasteiger partial charge in [0.1, 0.15) is 0 Å². The van der Waals surface area contributed by atoms with Crippen LogP contribution >= 0.6 is 0 Å². The molecule has 21 heavy (non-hydrogen) atoms. The molecule has 3 heteroatoms. The second kappa shape index (κ2) is 5.94. The van der Waals surface area contributed by atoms with Gasteiger partial charge in [0.2, 0.25) is 0 Å². The van der Waals surface area contributed by atoms with Gasteiger partial charge in [-0.1, -0.05) is 54.1 Å². The number of aromatic nitrogens is 2. The molecule has 0 spiro atoms. The lowest BCUT2D eigenvalue weighted by Gasteiger charge is -2.11. The van der Waals surface area contributed by atoms with Gasteiger partial charge in [0.25, 0.3) is 0 Å². The maximum atomic E-state index is 5.82. The minimum atomic E-state index is 0.560. The van der Waals surface area contributed by atoms with E-state index in [1.54, 1.807) is 0 Å². The second-order valence-corrected chi connectivity index (χ2v) is 5.25. The molecule has 0 amide bonds. The van der Waals surface area contributed by atoms with Crippen LogP contribution in [-0.2, 0) is 13.1 Å². The predicted molar refractivity (Wildman–Crippen MR) is 85.8 cm³/mol. The highest BCUT2D eigenvalue weighted by Crippen LogP contribution is 2.21. The van der Waals surface area contributed by atoms with E-state index in [4.69, 9.17) is 5.73 Å². The van der Waals surface area contributed by atoms with E-state index in [0.717, 1.165) is 12.2 Å². The molecule has 106 valence electrons. The van der Waals surface area contributed by atoms with Gasteiger partial charge in [0.05, 0.1) is 18.2 Å². The number of benzene rings is 2. The highest BCUT2D eigenvalue weighted by Gasteiger charge is 2.07. The highest BCUT2D eigenvalue weighted by atomic mass is 15.0. The molecule has 3 rings (SSSR count). The number of nitrogens with two attached hydrogens (primary N) is 1. The van der Waals surface area contributed by atoms with Gasteiger partial charge in [-0.15, -0.1) is 0 Å². The van der Waals surface area contributed by atoms with Crippen LogP contribution in [0.3, 0.4) is 0 Å².